The minimum Gasteiger partial charge on any atom is -0.455 e. The number of para-hydroxylation sites is 2. The standard InChI is InChI=1S/C49H35NO/c1-49(2)45-16-7-5-12-41(45)42-29-28-39(31-46(42)49)50(37-24-20-33(21-25-37)36-19-18-32-10-3-4-11-35(32)30-36)38-26-22-34(23-27-38)40-14-9-15-44-43-13-6-8-17-47(43)51-48(40)44/h3-31H,1-2H3. The van der Waals surface area contributed by atoms with Gasteiger partial charge in [-0.15, -0.1) is 0 Å². The van der Waals surface area contributed by atoms with Crippen molar-refractivity contribution in [2.24, 2.45) is 0 Å². The first-order valence-corrected chi connectivity index (χ1v) is 17.7. The van der Waals surface area contributed by atoms with Crippen LogP contribution in [0.4, 0.5) is 17.1 Å². The first-order valence-electron chi connectivity index (χ1n) is 17.7. The topological polar surface area (TPSA) is 16.4 Å². The van der Waals surface area contributed by atoms with E-state index >= 15 is 0 Å². The number of hydrogen-bond donors (Lipinski definition) is 0. The van der Waals surface area contributed by atoms with Crippen LogP contribution in [0, 0.1) is 0 Å². The molecule has 0 N–H and O–H groups in total. The molecular formula is C49H35NO. The smallest absolute Gasteiger partial charge is 0.143 e. The highest BCUT2D eigenvalue weighted by molar-refractivity contribution is 6.09. The van der Waals surface area contributed by atoms with Crippen molar-refractivity contribution < 1.29 is 4.42 Å². The molecule has 0 aliphatic heterocycles. The molecule has 51 heavy (non-hydrogen) atoms. The predicted octanol–water partition coefficient (Wildman–Crippen LogP) is 13.8. The number of fused-ring (bicyclic) bond motifs is 7. The molecule has 1 heterocycles. The van der Waals surface area contributed by atoms with Crippen LogP contribution in [0.5, 0.6) is 0 Å². The monoisotopic (exact) mass is 653 g/mol. The molecule has 0 saturated heterocycles. The Hall–Kier alpha value is -6.38. The van der Waals surface area contributed by atoms with Crippen LogP contribution in [0.15, 0.2) is 180 Å². The molecular weight excluding hydrogens is 619 g/mol. The zero-order valence-corrected chi connectivity index (χ0v) is 28.6. The average Bonchev–Trinajstić information content (AvgIpc) is 3.67. The van der Waals surface area contributed by atoms with Crippen LogP contribution in [-0.4, -0.2) is 0 Å². The van der Waals surface area contributed by atoms with Gasteiger partial charge in [-0.2, -0.15) is 0 Å². The van der Waals surface area contributed by atoms with Gasteiger partial charge in [0.25, 0.3) is 0 Å². The van der Waals surface area contributed by atoms with E-state index in [4.69, 9.17) is 4.42 Å². The van der Waals surface area contributed by atoms with E-state index < -0.39 is 0 Å². The molecule has 8 aromatic carbocycles. The van der Waals surface area contributed by atoms with Gasteiger partial charge in [0.2, 0.25) is 0 Å². The van der Waals surface area contributed by atoms with Crippen LogP contribution < -0.4 is 4.90 Å². The number of benzene rings is 8. The number of furan rings is 1. The van der Waals surface area contributed by atoms with Crippen molar-refractivity contribution >= 4 is 49.8 Å². The SMILES string of the molecule is CC1(C)c2ccccc2-c2ccc(N(c3ccc(-c4ccc5ccccc5c4)cc3)c3ccc(-c4cccc5c4oc4ccccc45)cc3)cc21. The van der Waals surface area contributed by atoms with Crippen molar-refractivity contribution in [3.05, 3.63) is 187 Å². The van der Waals surface area contributed by atoms with Crippen LogP contribution in [0.25, 0.3) is 66.1 Å². The molecule has 0 unspecified atom stereocenters. The van der Waals surface area contributed by atoms with E-state index in [0.717, 1.165) is 50.1 Å². The van der Waals surface area contributed by atoms with Crippen LogP contribution >= 0.6 is 0 Å². The second kappa shape index (κ2) is 11.3. The van der Waals surface area contributed by atoms with Crippen molar-refractivity contribution in [2.75, 3.05) is 4.90 Å². The van der Waals surface area contributed by atoms with Gasteiger partial charge < -0.3 is 9.32 Å². The van der Waals surface area contributed by atoms with Crippen molar-refractivity contribution in [3.63, 3.8) is 0 Å². The fraction of sp³-hybridized carbons (Fsp3) is 0.0612. The second-order valence-corrected chi connectivity index (χ2v) is 14.2. The fourth-order valence-electron chi connectivity index (χ4n) is 8.21. The summed E-state index contributed by atoms with van der Waals surface area (Å²) < 4.78 is 6.40. The van der Waals surface area contributed by atoms with E-state index in [2.05, 4.69) is 183 Å². The van der Waals surface area contributed by atoms with E-state index in [0.29, 0.717) is 0 Å². The van der Waals surface area contributed by atoms with Crippen molar-refractivity contribution in [2.45, 2.75) is 19.3 Å². The second-order valence-electron chi connectivity index (χ2n) is 14.2. The summed E-state index contributed by atoms with van der Waals surface area (Å²) in [5.74, 6) is 0. The molecule has 0 spiro atoms. The van der Waals surface area contributed by atoms with Crippen LogP contribution in [0.3, 0.4) is 0 Å². The van der Waals surface area contributed by atoms with Gasteiger partial charge in [-0.25, -0.2) is 0 Å². The Morgan fingerprint density at radius 1 is 0.412 bits per heavy atom. The van der Waals surface area contributed by atoms with Crippen molar-refractivity contribution in [1.82, 2.24) is 0 Å². The molecule has 242 valence electrons. The van der Waals surface area contributed by atoms with E-state index in [9.17, 15) is 0 Å². The summed E-state index contributed by atoms with van der Waals surface area (Å²) in [6.45, 7) is 4.69. The molecule has 1 aromatic heterocycles. The first kappa shape index (κ1) is 29.5. The highest BCUT2D eigenvalue weighted by atomic mass is 16.3. The van der Waals surface area contributed by atoms with Crippen molar-refractivity contribution in [3.8, 4) is 33.4 Å². The largest absolute Gasteiger partial charge is 0.455 e. The lowest BCUT2D eigenvalue weighted by molar-refractivity contribution is 0.660. The van der Waals surface area contributed by atoms with E-state index in [1.54, 1.807) is 0 Å². The molecule has 0 amide bonds. The maximum absolute atomic E-state index is 6.40. The summed E-state index contributed by atoms with van der Waals surface area (Å²) >= 11 is 0. The molecule has 2 heteroatoms. The quantitative estimate of drug-likeness (QED) is 0.184. The van der Waals surface area contributed by atoms with Gasteiger partial charge in [-0.3, -0.25) is 0 Å². The number of nitrogens with zero attached hydrogens (tertiary/aromatic N) is 1. The summed E-state index contributed by atoms with van der Waals surface area (Å²) in [6.07, 6.45) is 0. The predicted molar refractivity (Wildman–Crippen MR) is 214 cm³/mol. The third-order valence-corrected chi connectivity index (χ3v) is 10.9. The number of hydrogen-bond acceptors (Lipinski definition) is 2. The molecule has 9 aromatic rings. The summed E-state index contributed by atoms with van der Waals surface area (Å²) in [4.78, 5) is 2.38. The Bertz CT molecular complexity index is 2770. The van der Waals surface area contributed by atoms with Gasteiger partial charge in [0.1, 0.15) is 11.2 Å². The van der Waals surface area contributed by atoms with Gasteiger partial charge in [0, 0.05) is 38.8 Å². The van der Waals surface area contributed by atoms with E-state index in [1.165, 1.54) is 44.2 Å². The minimum absolute atomic E-state index is 0.0946. The maximum atomic E-state index is 6.40. The third-order valence-electron chi connectivity index (χ3n) is 10.9. The van der Waals surface area contributed by atoms with Gasteiger partial charge >= 0.3 is 0 Å². The highest BCUT2D eigenvalue weighted by Crippen LogP contribution is 2.50. The van der Waals surface area contributed by atoms with Gasteiger partial charge in [0.05, 0.1) is 0 Å². The molecule has 0 bridgehead atoms. The molecule has 0 radical (unpaired) electrons. The lowest BCUT2D eigenvalue weighted by Crippen LogP contribution is -2.16. The number of rotatable bonds is 5. The van der Waals surface area contributed by atoms with Gasteiger partial charge in [-0.1, -0.05) is 141 Å². The van der Waals surface area contributed by atoms with Crippen LogP contribution in [0.1, 0.15) is 25.0 Å². The molecule has 1 aliphatic carbocycles. The Kier molecular flexibility index (Phi) is 6.56. The number of anilines is 3. The van der Waals surface area contributed by atoms with E-state index in [1.807, 2.05) is 12.1 Å². The maximum Gasteiger partial charge on any atom is 0.143 e. The Morgan fingerprint density at radius 3 is 1.84 bits per heavy atom. The average molecular weight is 654 g/mol. The first-order chi connectivity index (χ1) is 25.0. The Balaban J connectivity index is 1.08. The Morgan fingerprint density at radius 2 is 1.02 bits per heavy atom. The van der Waals surface area contributed by atoms with Gasteiger partial charge in [-0.05, 0) is 98.2 Å². The normalized spacial score (nSPS) is 13.1. The van der Waals surface area contributed by atoms with Crippen LogP contribution in [0.2, 0.25) is 0 Å². The summed E-state index contributed by atoms with van der Waals surface area (Å²) in [5, 5.41) is 4.79. The minimum atomic E-state index is -0.0946. The zero-order valence-electron chi connectivity index (χ0n) is 28.6. The molecule has 2 nitrogen and oxygen atoms in total. The summed E-state index contributed by atoms with van der Waals surface area (Å²) in [7, 11) is 0. The molecule has 1 aliphatic rings. The molecule has 0 saturated carbocycles. The molecule has 0 atom stereocenters. The lowest BCUT2D eigenvalue weighted by atomic mass is 9.82. The molecule has 0 fully saturated rings. The van der Waals surface area contributed by atoms with Crippen LogP contribution in [-0.2, 0) is 5.41 Å². The lowest BCUT2D eigenvalue weighted by Gasteiger charge is -2.28. The Labute approximate surface area is 297 Å². The van der Waals surface area contributed by atoms with E-state index in [-0.39, 0.29) is 5.41 Å². The van der Waals surface area contributed by atoms with Crippen molar-refractivity contribution in [1.29, 1.82) is 0 Å². The molecule has 10 rings (SSSR count). The highest BCUT2D eigenvalue weighted by Gasteiger charge is 2.35. The zero-order chi connectivity index (χ0) is 34.1. The summed E-state index contributed by atoms with van der Waals surface area (Å²) in [6, 6.07) is 63.7. The summed E-state index contributed by atoms with van der Waals surface area (Å²) in [5.41, 5.74) is 15.1. The van der Waals surface area contributed by atoms with Gasteiger partial charge in [0.15, 0.2) is 0 Å². The third kappa shape index (κ3) is 4.71. The fourth-order valence-corrected chi connectivity index (χ4v) is 8.21.